The van der Waals surface area contributed by atoms with Gasteiger partial charge in [0.2, 0.25) is 5.91 Å². The molecule has 0 radical (unpaired) electrons. The van der Waals surface area contributed by atoms with Crippen LogP contribution in [-0.2, 0) is 4.79 Å². The molecule has 1 N–H and O–H groups in total. The molecule has 1 fully saturated rings. The second kappa shape index (κ2) is 6.12. The number of urea groups is 1. The van der Waals surface area contributed by atoms with E-state index in [-0.39, 0.29) is 0 Å². The van der Waals surface area contributed by atoms with Gasteiger partial charge in [-0.3, -0.25) is 4.79 Å². The molecule has 110 valence electrons. The zero-order chi connectivity index (χ0) is 14.6. The van der Waals surface area contributed by atoms with Crippen LogP contribution >= 0.6 is 0 Å². The van der Waals surface area contributed by atoms with Crippen molar-refractivity contribution in [2.75, 3.05) is 33.2 Å². The number of carbonyl (C=O) groups excluding carboxylic acids is 2. The summed E-state index contributed by atoms with van der Waals surface area (Å²) in [7, 11) is 1.06. The summed E-state index contributed by atoms with van der Waals surface area (Å²) in [6.45, 7) is 1.49. The van der Waals surface area contributed by atoms with Gasteiger partial charge in [-0.15, -0.1) is 0 Å². The molecule has 0 aromatic heterocycles. The van der Waals surface area contributed by atoms with Crippen molar-refractivity contribution in [1.82, 2.24) is 15.1 Å². The predicted octanol–water partition coefficient (Wildman–Crippen LogP) is 1.06. The molecule has 1 rings (SSSR count). The first-order valence-electron chi connectivity index (χ1n) is 6.02. The first-order valence-corrected chi connectivity index (χ1v) is 6.02. The number of likely N-dealkylation sites (N-methyl/N-ethyl adjacent to an activating group) is 1. The largest absolute Gasteiger partial charge is 0.406 e. The number of hydrogen-bond donors (Lipinski definition) is 1. The molecule has 19 heavy (non-hydrogen) atoms. The lowest BCUT2D eigenvalue weighted by molar-refractivity contribution is -0.157. The average molecular weight is 281 g/mol. The SMILES string of the molecule is CC1CCN(C(=O)NCC(=O)N(C)CC(F)(F)F)C1. The molecule has 8 heteroatoms. The lowest BCUT2D eigenvalue weighted by Crippen LogP contribution is -2.45. The Hall–Kier alpha value is -1.47. The summed E-state index contributed by atoms with van der Waals surface area (Å²) in [4.78, 5) is 25.1. The summed E-state index contributed by atoms with van der Waals surface area (Å²) in [6, 6.07) is -0.405. The Balaban J connectivity index is 2.31. The summed E-state index contributed by atoms with van der Waals surface area (Å²) in [6.07, 6.45) is -3.53. The Morgan fingerprint density at radius 2 is 2.05 bits per heavy atom. The van der Waals surface area contributed by atoms with E-state index in [4.69, 9.17) is 0 Å². The molecule has 0 aromatic carbocycles. The fraction of sp³-hybridized carbons (Fsp3) is 0.818. The van der Waals surface area contributed by atoms with Gasteiger partial charge in [0.15, 0.2) is 0 Å². The number of likely N-dealkylation sites (tertiary alicyclic amines) is 1. The van der Waals surface area contributed by atoms with Gasteiger partial charge in [0, 0.05) is 20.1 Å². The van der Waals surface area contributed by atoms with Crippen LogP contribution in [0.4, 0.5) is 18.0 Å². The first-order chi connectivity index (χ1) is 8.69. The number of halogens is 3. The minimum atomic E-state index is -4.43. The van der Waals surface area contributed by atoms with Crippen molar-refractivity contribution in [3.63, 3.8) is 0 Å². The Labute approximate surface area is 109 Å². The zero-order valence-corrected chi connectivity index (χ0v) is 11.0. The minimum Gasteiger partial charge on any atom is -0.335 e. The Morgan fingerprint density at radius 1 is 1.42 bits per heavy atom. The van der Waals surface area contributed by atoms with E-state index in [1.54, 1.807) is 4.90 Å². The van der Waals surface area contributed by atoms with Crippen LogP contribution in [0.25, 0.3) is 0 Å². The second-order valence-corrected chi connectivity index (χ2v) is 4.86. The van der Waals surface area contributed by atoms with Crippen molar-refractivity contribution < 1.29 is 22.8 Å². The van der Waals surface area contributed by atoms with Gasteiger partial charge in [0.05, 0.1) is 6.54 Å². The number of nitrogens with zero attached hydrogens (tertiary/aromatic N) is 2. The standard InChI is InChI=1S/C11H18F3N3O2/c1-8-3-4-17(6-8)10(19)15-5-9(18)16(2)7-11(12,13)14/h8H,3-7H2,1-2H3,(H,15,19). The van der Waals surface area contributed by atoms with Gasteiger partial charge >= 0.3 is 12.2 Å². The van der Waals surface area contributed by atoms with Gasteiger partial charge in [-0.2, -0.15) is 13.2 Å². The summed E-state index contributed by atoms with van der Waals surface area (Å²) in [5.74, 6) is -0.354. The van der Waals surface area contributed by atoms with Gasteiger partial charge in [0.1, 0.15) is 6.54 Å². The van der Waals surface area contributed by atoms with E-state index in [0.717, 1.165) is 13.5 Å². The van der Waals surface area contributed by atoms with Crippen molar-refractivity contribution in [2.24, 2.45) is 5.92 Å². The van der Waals surface area contributed by atoms with Gasteiger partial charge in [-0.05, 0) is 12.3 Å². The quantitative estimate of drug-likeness (QED) is 0.841. The summed E-state index contributed by atoms with van der Waals surface area (Å²) in [5.41, 5.74) is 0. The van der Waals surface area contributed by atoms with Crippen LogP contribution < -0.4 is 5.32 Å². The van der Waals surface area contributed by atoms with Crippen LogP contribution in [0.15, 0.2) is 0 Å². The molecule has 0 aliphatic carbocycles. The van der Waals surface area contributed by atoms with E-state index >= 15 is 0 Å². The van der Waals surface area contributed by atoms with Crippen molar-refractivity contribution in [1.29, 1.82) is 0 Å². The average Bonchev–Trinajstić information content (AvgIpc) is 2.69. The minimum absolute atomic E-state index is 0.405. The fourth-order valence-corrected chi connectivity index (χ4v) is 1.87. The molecular formula is C11H18F3N3O2. The highest BCUT2D eigenvalue weighted by atomic mass is 19.4. The van der Waals surface area contributed by atoms with Crippen molar-refractivity contribution in [2.45, 2.75) is 19.5 Å². The third kappa shape index (κ3) is 5.35. The topological polar surface area (TPSA) is 52.7 Å². The predicted molar refractivity (Wildman–Crippen MR) is 62.4 cm³/mol. The van der Waals surface area contributed by atoms with Crippen LogP contribution in [0.5, 0.6) is 0 Å². The molecule has 1 atom stereocenters. The van der Waals surface area contributed by atoms with Crippen molar-refractivity contribution in [3.8, 4) is 0 Å². The maximum absolute atomic E-state index is 12.1. The molecule has 1 heterocycles. The summed E-state index contributed by atoms with van der Waals surface area (Å²) in [5, 5.41) is 2.34. The lowest BCUT2D eigenvalue weighted by Gasteiger charge is -2.21. The van der Waals surface area contributed by atoms with E-state index in [0.29, 0.717) is 23.9 Å². The highest BCUT2D eigenvalue weighted by Gasteiger charge is 2.31. The number of alkyl halides is 3. The van der Waals surface area contributed by atoms with E-state index in [9.17, 15) is 22.8 Å². The van der Waals surface area contributed by atoms with E-state index in [1.807, 2.05) is 6.92 Å². The van der Waals surface area contributed by atoms with Crippen LogP contribution in [0.3, 0.4) is 0 Å². The maximum atomic E-state index is 12.1. The van der Waals surface area contributed by atoms with Gasteiger partial charge in [0.25, 0.3) is 0 Å². The summed E-state index contributed by atoms with van der Waals surface area (Å²) < 4.78 is 36.2. The molecule has 0 saturated carbocycles. The molecule has 1 unspecified atom stereocenters. The molecule has 1 aliphatic heterocycles. The molecule has 3 amide bonds. The third-order valence-electron chi connectivity index (χ3n) is 2.94. The van der Waals surface area contributed by atoms with Crippen molar-refractivity contribution in [3.05, 3.63) is 0 Å². The molecule has 1 aliphatic rings. The highest BCUT2D eigenvalue weighted by molar-refractivity contribution is 5.84. The van der Waals surface area contributed by atoms with Gasteiger partial charge < -0.3 is 15.1 Å². The highest BCUT2D eigenvalue weighted by Crippen LogP contribution is 2.16. The zero-order valence-electron chi connectivity index (χ0n) is 11.0. The molecule has 5 nitrogen and oxygen atoms in total. The monoisotopic (exact) mass is 281 g/mol. The van der Waals surface area contributed by atoms with Gasteiger partial charge in [-0.25, -0.2) is 4.79 Å². The molecule has 0 bridgehead atoms. The molecule has 0 spiro atoms. The van der Waals surface area contributed by atoms with Crippen LogP contribution in [0, 0.1) is 5.92 Å². The molecule has 0 aromatic rings. The van der Waals surface area contributed by atoms with E-state index < -0.39 is 31.2 Å². The first kappa shape index (κ1) is 15.6. The lowest BCUT2D eigenvalue weighted by atomic mass is 10.2. The van der Waals surface area contributed by atoms with E-state index in [2.05, 4.69) is 5.32 Å². The number of nitrogens with one attached hydrogen (secondary N) is 1. The molecular weight excluding hydrogens is 263 g/mol. The smallest absolute Gasteiger partial charge is 0.335 e. The maximum Gasteiger partial charge on any atom is 0.406 e. The van der Waals surface area contributed by atoms with Crippen molar-refractivity contribution >= 4 is 11.9 Å². The fourth-order valence-electron chi connectivity index (χ4n) is 1.87. The Morgan fingerprint density at radius 3 is 2.53 bits per heavy atom. The normalized spacial score (nSPS) is 19.4. The van der Waals surface area contributed by atoms with Crippen LogP contribution in [0.2, 0.25) is 0 Å². The summed E-state index contributed by atoms with van der Waals surface area (Å²) >= 11 is 0. The number of rotatable bonds is 3. The van der Waals surface area contributed by atoms with Crippen LogP contribution in [-0.4, -0.2) is 61.1 Å². The Bertz CT molecular complexity index is 347. The number of carbonyl (C=O) groups is 2. The Kier molecular flexibility index (Phi) is 5.02. The van der Waals surface area contributed by atoms with Crippen LogP contribution in [0.1, 0.15) is 13.3 Å². The third-order valence-corrected chi connectivity index (χ3v) is 2.94. The van der Waals surface area contributed by atoms with Gasteiger partial charge in [-0.1, -0.05) is 6.92 Å². The number of amides is 3. The molecule has 1 saturated heterocycles. The second-order valence-electron chi connectivity index (χ2n) is 4.86. The number of hydrogen-bond acceptors (Lipinski definition) is 2. The van der Waals surface area contributed by atoms with E-state index in [1.165, 1.54) is 0 Å².